The molecule has 1 spiro atoms. The highest BCUT2D eigenvalue weighted by Crippen LogP contribution is 2.44. The first-order valence-electron chi connectivity index (χ1n) is 8.58. The number of hydrogen-bond acceptors (Lipinski definition) is 2. The Morgan fingerprint density at radius 2 is 1.84 bits per heavy atom. The molecule has 0 amide bonds. The highest BCUT2D eigenvalue weighted by Gasteiger charge is 2.42. The van der Waals surface area contributed by atoms with Gasteiger partial charge in [-0.1, -0.05) is 26.7 Å². The summed E-state index contributed by atoms with van der Waals surface area (Å²) in [7, 11) is 0. The van der Waals surface area contributed by atoms with Gasteiger partial charge in [0, 0.05) is 6.04 Å². The molecule has 2 heteroatoms. The topological polar surface area (TPSA) is 21.3 Å². The predicted octanol–water partition coefficient (Wildman–Crippen LogP) is 3.89. The van der Waals surface area contributed by atoms with Gasteiger partial charge in [-0.05, 0) is 63.3 Å². The Kier molecular flexibility index (Phi) is 4.19. The molecular weight excluding hydrogens is 234 g/mol. The van der Waals surface area contributed by atoms with E-state index in [1.54, 1.807) is 0 Å². The van der Waals surface area contributed by atoms with Crippen LogP contribution in [0.5, 0.6) is 0 Å². The first kappa shape index (κ1) is 13.9. The molecule has 2 aliphatic carbocycles. The van der Waals surface area contributed by atoms with Crippen LogP contribution in [-0.2, 0) is 4.74 Å². The second kappa shape index (κ2) is 5.73. The molecule has 2 nitrogen and oxygen atoms in total. The molecule has 0 aromatic carbocycles. The van der Waals surface area contributed by atoms with E-state index in [1.165, 1.54) is 64.3 Å². The Bertz CT molecular complexity index is 292. The van der Waals surface area contributed by atoms with Crippen molar-refractivity contribution in [3.8, 4) is 0 Å². The van der Waals surface area contributed by atoms with E-state index in [9.17, 15) is 0 Å². The van der Waals surface area contributed by atoms with Crippen molar-refractivity contribution in [2.75, 3.05) is 6.54 Å². The number of ether oxygens (including phenoxy) is 1. The summed E-state index contributed by atoms with van der Waals surface area (Å²) in [5.74, 6) is 1.57. The molecule has 1 N–H and O–H groups in total. The normalized spacial score (nSPS) is 31.4. The third-order valence-electron chi connectivity index (χ3n) is 5.61. The molecule has 2 atom stereocenters. The molecule has 0 radical (unpaired) electrons. The van der Waals surface area contributed by atoms with Gasteiger partial charge >= 0.3 is 0 Å². The first-order chi connectivity index (χ1) is 9.17. The van der Waals surface area contributed by atoms with Crippen molar-refractivity contribution in [1.82, 2.24) is 5.32 Å². The quantitative estimate of drug-likeness (QED) is 0.786. The van der Waals surface area contributed by atoms with E-state index in [0.29, 0.717) is 11.7 Å². The monoisotopic (exact) mass is 265 g/mol. The van der Waals surface area contributed by atoms with Crippen LogP contribution in [0.15, 0.2) is 0 Å². The summed E-state index contributed by atoms with van der Waals surface area (Å²) in [5.41, 5.74) is 0.316. The maximum Gasteiger partial charge on any atom is 0.0687 e. The Morgan fingerprint density at radius 1 is 1.11 bits per heavy atom. The molecule has 0 aromatic heterocycles. The van der Waals surface area contributed by atoms with Gasteiger partial charge in [0.25, 0.3) is 0 Å². The minimum absolute atomic E-state index is 0.316. The fraction of sp³-hybridized carbons (Fsp3) is 1.00. The molecule has 0 bridgehead atoms. The summed E-state index contributed by atoms with van der Waals surface area (Å²) < 4.78 is 6.49. The van der Waals surface area contributed by atoms with E-state index in [0.717, 1.165) is 17.9 Å². The van der Waals surface area contributed by atoms with Crippen LogP contribution < -0.4 is 5.32 Å². The Hall–Kier alpha value is -0.0800. The Labute approximate surface area is 118 Å². The first-order valence-corrected chi connectivity index (χ1v) is 8.58. The maximum absolute atomic E-state index is 6.49. The molecule has 3 aliphatic rings. The predicted molar refractivity (Wildman–Crippen MR) is 79.3 cm³/mol. The lowest BCUT2D eigenvalue weighted by atomic mass is 9.89. The lowest BCUT2D eigenvalue weighted by molar-refractivity contribution is -0.0462. The van der Waals surface area contributed by atoms with Crippen LogP contribution in [0, 0.1) is 11.8 Å². The molecular formula is C17H31NO. The smallest absolute Gasteiger partial charge is 0.0687 e. The van der Waals surface area contributed by atoms with Gasteiger partial charge in [-0.25, -0.2) is 0 Å². The molecule has 1 heterocycles. The second-order valence-electron chi connectivity index (χ2n) is 7.59. The second-order valence-corrected chi connectivity index (χ2v) is 7.59. The maximum atomic E-state index is 6.49. The average molecular weight is 265 g/mol. The average Bonchev–Trinajstić information content (AvgIpc) is 2.97. The van der Waals surface area contributed by atoms with Crippen molar-refractivity contribution in [3.63, 3.8) is 0 Å². The number of rotatable bonds is 6. The summed E-state index contributed by atoms with van der Waals surface area (Å²) in [6.45, 7) is 5.95. The molecule has 0 aromatic rings. The van der Waals surface area contributed by atoms with Crippen LogP contribution in [0.25, 0.3) is 0 Å². The largest absolute Gasteiger partial charge is 0.372 e. The summed E-state index contributed by atoms with van der Waals surface area (Å²) in [4.78, 5) is 0. The SMILES string of the molecule is CC(C)C(CNC1CC1)CC1CCC2(CCCC2)O1. The van der Waals surface area contributed by atoms with Crippen molar-refractivity contribution in [1.29, 1.82) is 0 Å². The van der Waals surface area contributed by atoms with Crippen LogP contribution in [-0.4, -0.2) is 24.3 Å². The van der Waals surface area contributed by atoms with Gasteiger partial charge in [0.2, 0.25) is 0 Å². The van der Waals surface area contributed by atoms with E-state index < -0.39 is 0 Å². The van der Waals surface area contributed by atoms with Crippen molar-refractivity contribution in [2.24, 2.45) is 11.8 Å². The van der Waals surface area contributed by atoms with Crippen LogP contribution in [0.1, 0.15) is 71.6 Å². The summed E-state index contributed by atoms with van der Waals surface area (Å²) in [6, 6.07) is 0.840. The summed E-state index contributed by atoms with van der Waals surface area (Å²) in [5, 5.41) is 3.72. The number of hydrogen-bond donors (Lipinski definition) is 1. The van der Waals surface area contributed by atoms with Crippen LogP contribution in [0.4, 0.5) is 0 Å². The van der Waals surface area contributed by atoms with Gasteiger partial charge in [-0.15, -0.1) is 0 Å². The van der Waals surface area contributed by atoms with Gasteiger partial charge in [-0.2, -0.15) is 0 Å². The molecule has 110 valence electrons. The highest BCUT2D eigenvalue weighted by atomic mass is 16.5. The molecule has 1 aliphatic heterocycles. The summed E-state index contributed by atoms with van der Waals surface area (Å²) in [6.07, 6.45) is 12.7. The minimum atomic E-state index is 0.316. The fourth-order valence-corrected chi connectivity index (χ4v) is 3.98. The fourth-order valence-electron chi connectivity index (χ4n) is 3.98. The van der Waals surface area contributed by atoms with E-state index >= 15 is 0 Å². The highest BCUT2D eigenvalue weighted by molar-refractivity contribution is 4.93. The zero-order chi connectivity index (χ0) is 13.3. The van der Waals surface area contributed by atoms with Crippen molar-refractivity contribution in [2.45, 2.75) is 89.4 Å². The third kappa shape index (κ3) is 3.52. The standard InChI is InChI=1S/C17H31NO/c1-13(2)14(12-18-15-5-6-15)11-16-7-10-17(19-16)8-3-4-9-17/h13-16,18H,3-12H2,1-2H3. The van der Waals surface area contributed by atoms with E-state index in [4.69, 9.17) is 4.74 Å². The zero-order valence-corrected chi connectivity index (χ0v) is 12.8. The Morgan fingerprint density at radius 3 is 2.47 bits per heavy atom. The van der Waals surface area contributed by atoms with Gasteiger partial charge in [0.1, 0.15) is 0 Å². The van der Waals surface area contributed by atoms with Crippen LogP contribution in [0.3, 0.4) is 0 Å². The molecule has 1 saturated heterocycles. The van der Waals surface area contributed by atoms with Crippen LogP contribution in [0.2, 0.25) is 0 Å². The number of nitrogens with one attached hydrogen (secondary N) is 1. The molecule has 2 saturated carbocycles. The van der Waals surface area contributed by atoms with E-state index in [-0.39, 0.29) is 0 Å². The van der Waals surface area contributed by atoms with E-state index in [2.05, 4.69) is 19.2 Å². The molecule has 2 unspecified atom stereocenters. The minimum Gasteiger partial charge on any atom is -0.372 e. The van der Waals surface area contributed by atoms with Crippen molar-refractivity contribution < 1.29 is 4.74 Å². The molecule has 3 fully saturated rings. The zero-order valence-electron chi connectivity index (χ0n) is 12.8. The van der Waals surface area contributed by atoms with Crippen LogP contribution >= 0.6 is 0 Å². The molecule has 3 rings (SSSR count). The van der Waals surface area contributed by atoms with E-state index in [1.807, 2.05) is 0 Å². The third-order valence-corrected chi connectivity index (χ3v) is 5.61. The van der Waals surface area contributed by atoms with Gasteiger partial charge < -0.3 is 10.1 Å². The van der Waals surface area contributed by atoms with Gasteiger partial charge in [-0.3, -0.25) is 0 Å². The van der Waals surface area contributed by atoms with Gasteiger partial charge in [0.05, 0.1) is 11.7 Å². The lowest BCUT2D eigenvalue weighted by Crippen LogP contribution is -2.32. The van der Waals surface area contributed by atoms with Crippen molar-refractivity contribution in [3.05, 3.63) is 0 Å². The Balaban J connectivity index is 1.47. The summed E-state index contributed by atoms with van der Waals surface area (Å²) >= 11 is 0. The molecule has 19 heavy (non-hydrogen) atoms. The van der Waals surface area contributed by atoms with Crippen molar-refractivity contribution >= 4 is 0 Å². The lowest BCUT2D eigenvalue weighted by Gasteiger charge is -2.27. The van der Waals surface area contributed by atoms with Gasteiger partial charge in [0.15, 0.2) is 0 Å².